The number of nitrogens with zero attached hydrogens (tertiary/aromatic N) is 3. The lowest BCUT2D eigenvalue weighted by Crippen LogP contribution is -2.47. The molecule has 7 nitrogen and oxygen atoms in total. The molecule has 3 N–H and O–H groups in total. The van der Waals surface area contributed by atoms with Gasteiger partial charge in [-0.3, -0.25) is 14.5 Å². The number of hydrogen-bond acceptors (Lipinski definition) is 3. The molecule has 1 aliphatic rings. The van der Waals surface area contributed by atoms with Crippen molar-refractivity contribution in [1.29, 1.82) is 0 Å². The first-order valence-electron chi connectivity index (χ1n) is 10.7. The molecule has 1 aromatic heterocycles. The Morgan fingerprint density at radius 2 is 2.04 bits per heavy atom. The quantitative estimate of drug-likeness (QED) is 0.493. The predicted octanol–water partition coefficient (Wildman–Crippen LogP) is 2.29. The van der Waals surface area contributed by atoms with Crippen LogP contribution in [0.4, 0.5) is 0 Å². The fraction of sp³-hybridized carbons (Fsp3) is 0.762. The van der Waals surface area contributed by atoms with Gasteiger partial charge in [0.05, 0.1) is 5.69 Å². The molecule has 2 rings (SSSR count). The molecule has 1 aromatic rings. The minimum Gasteiger partial charge on any atom is -0.354 e. The van der Waals surface area contributed by atoms with Crippen molar-refractivity contribution in [2.45, 2.75) is 84.8 Å². The number of amides is 1. The van der Waals surface area contributed by atoms with Crippen molar-refractivity contribution in [3.63, 3.8) is 0 Å². The van der Waals surface area contributed by atoms with Crippen molar-refractivity contribution in [2.24, 2.45) is 18.0 Å². The van der Waals surface area contributed by atoms with E-state index < -0.39 is 0 Å². The van der Waals surface area contributed by atoms with E-state index in [1.165, 1.54) is 11.3 Å². The summed E-state index contributed by atoms with van der Waals surface area (Å²) in [7, 11) is 3.81. The van der Waals surface area contributed by atoms with Gasteiger partial charge in [0.2, 0.25) is 5.91 Å². The molecule has 0 bridgehead atoms. The Morgan fingerprint density at radius 1 is 1.29 bits per heavy atom. The molecule has 2 unspecified atom stereocenters. The average molecular weight is 391 g/mol. The molecule has 0 aromatic carbocycles. The van der Waals surface area contributed by atoms with Gasteiger partial charge >= 0.3 is 0 Å². The molecule has 1 fully saturated rings. The minimum absolute atomic E-state index is 0.0865. The molecular weight excluding hydrogens is 352 g/mol. The number of aromatic nitrogens is 2. The Labute approximate surface area is 169 Å². The van der Waals surface area contributed by atoms with E-state index in [2.05, 4.69) is 39.9 Å². The van der Waals surface area contributed by atoms with Crippen molar-refractivity contribution < 1.29 is 4.79 Å². The maximum atomic E-state index is 12.4. The van der Waals surface area contributed by atoms with E-state index in [1.54, 1.807) is 7.05 Å². The van der Waals surface area contributed by atoms with Gasteiger partial charge < -0.3 is 16.0 Å². The van der Waals surface area contributed by atoms with Crippen LogP contribution < -0.4 is 16.0 Å². The Bertz CT molecular complexity index is 679. The number of carbonyl (C=O) groups excluding carboxylic acids is 1. The zero-order chi connectivity index (χ0) is 20.7. The molecule has 158 valence electrons. The zero-order valence-electron chi connectivity index (χ0n) is 18.4. The third-order valence-electron chi connectivity index (χ3n) is 5.50. The van der Waals surface area contributed by atoms with Gasteiger partial charge in [0, 0.05) is 49.9 Å². The monoisotopic (exact) mass is 390 g/mol. The van der Waals surface area contributed by atoms with E-state index in [4.69, 9.17) is 0 Å². The standard InChI is InChI=1S/C21H38N6O/c1-7-18-17(19(8-2)27(6)26-18)13-23-21(22-5)25-16-11-9-10-15(12-16)20(28)24-14(3)4/h14-16H,7-13H2,1-6H3,(H,24,28)(H2,22,23,25). The van der Waals surface area contributed by atoms with Crippen molar-refractivity contribution >= 4 is 11.9 Å². The largest absolute Gasteiger partial charge is 0.354 e. The minimum atomic E-state index is 0.0865. The first kappa shape index (κ1) is 22.2. The summed E-state index contributed by atoms with van der Waals surface area (Å²) in [5, 5.41) is 14.7. The topological polar surface area (TPSA) is 83.3 Å². The maximum absolute atomic E-state index is 12.4. The highest BCUT2D eigenvalue weighted by atomic mass is 16.1. The molecule has 0 radical (unpaired) electrons. The van der Waals surface area contributed by atoms with Crippen LogP contribution in [0.3, 0.4) is 0 Å². The second-order valence-electron chi connectivity index (χ2n) is 8.00. The molecule has 1 aliphatic carbocycles. The number of hydrogen-bond donors (Lipinski definition) is 3. The number of carbonyl (C=O) groups is 1. The van der Waals surface area contributed by atoms with Gasteiger partial charge in [0.1, 0.15) is 0 Å². The van der Waals surface area contributed by atoms with E-state index in [0.29, 0.717) is 6.54 Å². The fourth-order valence-electron chi connectivity index (χ4n) is 4.12. The molecule has 2 atom stereocenters. The number of rotatable bonds is 7. The summed E-state index contributed by atoms with van der Waals surface area (Å²) in [4.78, 5) is 16.8. The summed E-state index contributed by atoms with van der Waals surface area (Å²) in [6.45, 7) is 9.04. The number of nitrogens with one attached hydrogen (secondary N) is 3. The highest BCUT2D eigenvalue weighted by Gasteiger charge is 2.28. The molecule has 28 heavy (non-hydrogen) atoms. The second kappa shape index (κ2) is 10.5. The van der Waals surface area contributed by atoms with Gasteiger partial charge in [-0.25, -0.2) is 0 Å². The Hall–Kier alpha value is -2.05. The van der Waals surface area contributed by atoms with E-state index >= 15 is 0 Å². The van der Waals surface area contributed by atoms with Crippen LogP contribution in [0.2, 0.25) is 0 Å². The SMILES string of the molecule is CCc1nn(C)c(CC)c1CNC(=NC)NC1CCCC(C(=O)NC(C)C)C1. The molecular formula is C21H38N6O. The summed E-state index contributed by atoms with van der Waals surface area (Å²) in [5.74, 6) is 1.06. The average Bonchev–Trinajstić information content (AvgIpc) is 2.99. The van der Waals surface area contributed by atoms with Crippen LogP contribution in [0.1, 0.15) is 70.3 Å². The Balaban J connectivity index is 1.95. The maximum Gasteiger partial charge on any atom is 0.223 e. The van der Waals surface area contributed by atoms with E-state index in [1.807, 2.05) is 25.6 Å². The highest BCUT2D eigenvalue weighted by Crippen LogP contribution is 2.24. The number of aryl methyl sites for hydroxylation is 2. The molecule has 0 spiro atoms. The number of guanidine groups is 1. The highest BCUT2D eigenvalue weighted by molar-refractivity contribution is 5.81. The summed E-state index contributed by atoms with van der Waals surface area (Å²) < 4.78 is 1.99. The summed E-state index contributed by atoms with van der Waals surface area (Å²) in [5.41, 5.74) is 3.68. The van der Waals surface area contributed by atoms with Crippen LogP contribution in [-0.4, -0.2) is 40.8 Å². The third kappa shape index (κ3) is 5.72. The summed E-state index contributed by atoms with van der Waals surface area (Å²) in [6.07, 6.45) is 5.84. The van der Waals surface area contributed by atoms with Gasteiger partial charge in [-0.15, -0.1) is 0 Å². The Kier molecular flexibility index (Phi) is 8.33. The molecule has 7 heteroatoms. The smallest absolute Gasteiger partial charge is 0.223 e. The van der Waals surface area contributed by atoms with E-state index in [0.717, 1.165) is 50.2 Å². The normalized spacial score (nSPS) is 20.3. The zero-order valence-corrected chi connectivity index (χ0v) is 18.4. The lowest BCUT2D eigenvalue weighted by molar-refractivity contribution is -0.126. The second-order valence-corrected chi connectivity index (χ2v) is 8.00. The van der Waals surface area contributed by atoms with Crippen LogP contribution in [0, 0.1) is 5.92 Å². The van der Waals surface area contributed by atoms with Crippen LogP contribution in [0.5, 0.6) is 0 Å². The van der Waals surface area contributed by atoms with Gasteiger partial charge in [-0.2, -0.15) is 5.10 Å². The van der Waals surface area contributed by atoms with Crippen molar-refractivity contribution in [2.75, 3.05) is 7.05 Å². The summed E-state index contributed by atoms with van der Waals surface area (Å²) in [6, 6.07) is 0.461. The summed E-state index contributed by atoms with van der Waals surface area (Å²) >= 11 is 0. The molecule has 0 aliphatic heterocycles. The van der Waals surface area contributed by atoms with Gasteiger partial charge in [0.15, 0.2) is 5.96 Å². The molecule has 1 amide bonds. The van der Waals surface area contributed by atoms with Crippen molar-refractivity contribution in [3.05, 3.63) is 17.0 Å². The van der Waals surface area contributed by atoms with Gasteiger partial charge in [-0.1, -0.05) is 20.3 Å². The first-order valence-corrected chi connectivity index (χ1v) is 10.7. The molecule has 0 saturated heterocycles. The fourth-order valence-corrected chi connectivity index (χ4v) is 4.12. The lowest BCUT2D eigenvalue weighted by Gasteiger charge is -2.30. The number of aliphatic imine (C=N–C) groups is 1. The van der Waals surface area contributed by atoms with Crippen LogP contribution in [0.15, 0.2) is 4.99 Å². The molecule has 1 saturated carbocycles. The van der Waals surface area contributed by atoms with Crippen molar-refractivity contribution in [1.82, 2.24) is 25.7 Å². The Morgan fingerprint density at radius 3 is 2.64 bits per heavy atom. The van der Waals surface area contributed by atoms with Crippen LogP contribution in [0.25, 0.3) is 0 Å². The van der Waals surface area contributed by atoms with Gasteiger partial charge in [-0.05, 0) is 46.0 Å². The first-order chi connectivity index (χ1) is 13.4. The van der Waals surface area contributed by atoms with E-state index in [9.17, 15) is 4.79 Å². The lowest BCUT2D eigenvalue weighted by atomic mass is 9.85. The molecule has 1 heterocycles. The van der Waals surface area contributed by atoms with Gasteiger partial charge in [0.25, 0.3) is 0 Å². The predicted molar refractivity (Wildman–Crippen MR) is 114 cm³/mol. The van der Waals surface area contributed by atoms with Crippen LogP contribution >= 0.6 is 0 Å². The van der Waals surface area contributed by atoms with E-state index in [-0.39, 0.29) is 23.9 Å². The van der Waals surface area contributed by atoms with Crippen molar-refractivity contribution in [3.8, 4) is 0 Å². The van der Waals surface area contributed by atoms with Crippen LogP contribution in [-0.2, 0) is 31.2 Å². The third-order valence-corrected chi connectivity index (χ3v) is 5.50.